The second-order valence-electron chi connectivity index (χ2n) is 6.36. The van der Waals surface area contributed by atoms with Crippen molar-refractivity contribution in [2.75, 3.05) is 6.61 Å². The average Bonchev–Trinajstić information content (AvgIpc) is 2.66. The summed E-state index contributed by atoms with van der Waals surface area (Å²) < 4.78 is 18.6. The summed E-state index contributed by atoms with van der Waals surface area (Å²) in [6.07, 6.45) is 0. The molecule has 0 fully saturated rings. The molecule has 2 rings (SSSR count). The molecule has 0 unspecified atom stereocenters. The van der Waals surface area contributed by atoms with E-state index in [1.54, 1.807) is 24.3 Å². The number of nitrogens with one attached hydrogen (secondary N) is 2. The minimum absolute atomic E-state index is 0.0718. The molecule has 0 spiro atoms. The van der Waals surface area contributed by atoms with Crippen LogP contribution < -0.4 is 10.9 Å². The zero-order chi connectivity index (χ0) is 20.7. The van der Waals surface area contributed by atoms with Crippen LogP contribution in [0.2, 0.25) is 5.02 Å². The van der Waals surface area contributed by atoms with Crippen LogP contribution in [0.1, 0.15) is 35.7 Å². The number of amides is 2. The number of hydrazine groups is 1. The number of rotatable bonds is 6. The molecule has 6 nitrogen and oxygen atoms in total. The topological polar surface area (TPSA) is 84.5 Å². The fourth-order valence-corrected chi connectivity index (χ4v) is 2.69. The van der Waals surface area contributed by atoms with Gasteiger partial charge in [-0.15, -0.1) is 0 Å². The molecule has 2 aromatic rings. The van der Waals surface area contributed by atoms with Crippen LogP contribution >= 0.6 is 11.6 Å². The number of carbonyl (C=O) groups is 3. The quantitative estimate of drug-likeness (QED) is 0.569. The number of carbonyl (C=O) groups excluding carboxylic acids is 3. The summed E-state index contributed by atoms with van der Waals surface area (Å²) in [5.74, 6) is -3.51. The molecule has 148 valence electrons. The summed E-state index contributed by atoms with van der Waals surface area (Å²) in [7, 11) is 0. The van der Waals surface area contributed by atoms with Crippen molar-refractivity contribution in [1.82, 2.24) is 10.9 Å². The maximum Gasteiger partial charge on any atom is 0.314 e. The summed E-state index contributed by atoms with van der Waals surface area (Å²) in [4.78, 5) is 36.1. The number of hydrogen-bond donors (Lipinski definition) is 2. The highest BCUT2D eigenvalue weighted by Gasteiger charge is 2.26. The van der Waals surface area contributed by atoms with Crippen LogP contribution in [0.15, 0.2) is 48.5 Å². The standard InChI is InChI=1S/C20H20ClFN2O4/c1-12(2)18(13-7-9-14(21)10-8-13)20(27)28-11-17(25)23-24-19(26)15-5-3-4-6-16(15)22/h3-10,12,18H,11H2,1-2H3,(H,23,25)(H,24,26)/t18-/m0/s1. The Morgan fingerprint density at radius 1 is 1.04 bits per heavy atom. The minimum atomic E-state index is -0.820. The van der Waals surface area contributed by atoms with Crippen molar-refractivity contribution in [2.45, 2.75) is 19.8 Å². The first-order chi connectivity index (χ1) is 13.3. The first-order valence-corrected chi connectivity index (χ1v) is 8.93. The fourth-order valence-electron chi connectivity index (χ4n) is 2.56. The summed E-state index contributed by atoms with van der Waals surface area (Å²) >= 11 is 5.87. The van der Waals surface area contributed by atoms with Crippen LogP contribution in [0, 0.1) is 11.7 Å². The Morgan fingerprint density at radius 3 is 2.29 bits per heavy atom. The monoisotopic (exact) mass is 406 g/mol. The first kappa shape index (κ1) is 21.4. The lowest BCUT2D eigenvalue weighted by atomic mass is 9.88. The molecule has 8 heteroatoms. The Hall–Kier alpha value is -2.93. The molecule has 1 atom stereocenters. The van der Waals surface area contributed by atoms with Gasteiger partial charge in [0.05, 0.1) is 11.5 Å². The fraction of sp³-hybridized carbons (Fsp3) is 0.250. The SMILES string of the molecule is CC(C)[C@H](C(=O)OCC(=O)NNC(=O)c1ccccc1F)c1ccc(Cl)cc1. The molecular weight excluding hydrogens is 387 g/mol. The molecule has 0 bridgehead atoms. The zero-order valence-corrected chi connectivity index (χ0v) is 16.1. The van der Waals surface area contributed by atoms with Crippen LogP contribution in [0.3, 0.4) is 0 Å². The van der Waals surface area contributed by atoms with E-state index in [0.717, 1.165) is 11.6 Å². The molecule has 0 saturated heterocycles. The van der Waals surface area contributed by atoms with Gasteiger partial charge in [0.15, 0.2) is 6.61 Å². The smallest absolute Gasteiger partial charge is 0.314 e. The van der Waals surface area contributed by atoms with Gasteiger partial charge < -0.3 is 4.74 Å². The van der Waals surface area contributed by atoms with E-state index in [0.29, 0.717) is 5.02 Å². The number of benzene rings is 2. The van der Waals surface area contributed by atoms with Crippen LogP contribution in [0.25, 0.3) is 0 Å². The average molecular weight is 407 g/mol. The third-order valence-electron chi connectivity index (χ3n) is 3.93. The van der Waals surface area contributed by atoms with E-state index < -0.39 is 36.1 Å². The molecule has 0 aliphatic carbocycles. The molecule has 2 N–H and O–H groups in total. The number of esters is 1. The van der Waals surface area contributed by atoms with Gasteiger partial charge in [-0.2, -0.15) is 0 Å². The largest absolute Gasteiger partial charge is 0.455 e. The van der Waals surface area contributed by atoms with Gasteiger partial charge in [-0.1, -0.05) is 49.7 Å². The van der Waals surface area contributed by atoms with Crippen molar-refractivity contribution in [3.8, 4) is 0 Å². The molecule has 2 amide bonds. The highest BCUT2D eigenvalue weighted by molar-refractivity contribution is 6.30. The van der Waals surface area contributed by atoms with Crippen LogP contribution in [0.4, 0.5) is 4.39 Å². The molecule has 0 aliphatic heterocycles. The number of hydrogen-bond acceptors (Lipinski definition) is 4. The highest BCUT2D eigenvalue weighted by atomic mass is 35.5. The number of halogens is 2. The van der Waals surface area contributed by atoms with Gasteiger partial charge in [0.25, 0.3) is 11.8 Å². The Morgan fingerprint density at radius 2 is 1.68 bits per heavy atom. The van der Waals surface area contributed by atoms with E-state index in [9.17, 15) is 18.8 Å². The van der Waals surface area contributed by atoms with E-state index >= 15 is 0 Å². The van der Waals surface area contributed by atoms with E-state index in [2.05, 4.69) is 10.9 Å². The predicted octanol–water partition coefficient (Wildman–Crippen LogP) is 3.22. The third-order valence-corrected chi connectivity index (χ3v) is 4.18. The molecule has 2 aromatic carbocycles. The van der Waals surface area contributed by atoms with E-state index in [1.807, 2.05) is 13.8 Å². The third kappa shape index (κ3) is 5.79. The normalized spacial score (nSPS) is 11.6. The minimum Gasteiger partial charge on any atom is -0.455 e. The Labute approximate surface area is 167 Å². The molecular formula is C20H20ClFN2O4. The van der Waals surface area contributed by atoms with Crippen LogP contribution in [-0.2, 0) is 14.3 Å². The van der Waals surface area contributed by atoms with Gasteiger partial charge in [0, 0.05) is 5.02 Å². The summed E-state index contributed by atoms with van der Waals surface area (Å²) in [5.41, 5.74) is 4.65. The number of ether oxygens (including phenoxy) is 1. The van der Waals surface area contributed by atoms with Crippen LogP contribution in [0.5, 0.6) is 0 Å². The summed E-state index contributed by atoms with van der Waals surface area (Å²) in [6, 6.07) is 12.1. The Bertz CT molecular complexity index is 856. The maximum absolute atomic E-state index is 13.5. The summed E-state index contributed by atoms with van der Waals surface area (Å²) in [5, 5.41) is 0.546. The van der Waals surface area contributed by atoms with E-state index in [-0.39, 0.29) is 11.5 Å². The van der Waals surface area contributed by atoms with Crippen molar-refractivity contribution < 1.29 is 23.5 Å². The van der Waals surface area contributed by atoms with E-state index in [4.69, 9.17) is 16.3 Å². The maximum atomic E-state index is 13.5. The van der Waals surface area contributed by atoms with Crippen molar-refractivity contribution in [2.24, 2.45) is 5.92 Å². The Balaban J connectivity index is 1.88. The van der Waals surface area contributed by atoms with Crippen molar-refractivity contribution in [3.63, 3.8) is 0 Å². The molecule has 0 saturated carbocycles. The summed E-state index contributed by atoms with van der Waals surface area (Å²) in [6.45, 7) is 3.12. The van der Waals surface area contributed by atoms with Gasteiger partial charge in [-0.3, -0.25) is 25.2 Å². The van der Waals surface area contributed by atoms with Gasteiger partial charge in [-0.25, -0.2) is 4.39 Å². The molecule has 0 aliphatic rings. The first-order valence-electron chi connectivity index (χ1n) is 8.55. The van der Waals surface area contributed by atoms with Gasteiger partial charge in [-0.05, 0) is 35.7 Å². The van der Waals surface area contributed by atoms with Crippen LogP contribution in [-0.4, -0.2) is 24.4 Å². The lowest BCUT2D eigenvalue weighted by Gasteiger charge is -2.20. The zero-order valence-electron chi connectivity index (χ0n) is 15.4. The highest BCUT2D eigenvalue weighted by Crippen LogP contribution is 2.27. The van der Waals surface area contributed by atoms with Crippen molar-refractivity contribution in [1.29, 1.82) is 0 Å². The van der Waals surface area contributed by atoms with Crippen molar-refractivity contribution >= 4 is 29.4 Å². The Kier molecular flexibility index (Phi) is 7.52. The van der Waals surface area contributed by atoms with Gasteiger partial charge in [0.2, 0.25) is 0 Å². The van der Waals surface area contributed by atoms with Gasteiger partial charge in [0.1, 0.15) is 5.82 Å². The second-order valence-corrected chi connectivity index (χ2v) is 6.80. The molecule has 0 radical (unpaired) electrons. The molecule has 0 aromatic heterocycles. The van der Waals surface area contributed by atoms with Crippen molar-refractivity contribution in [3.05, 3.63) is 70.5 Å². The van der Waals surface area contributed by atoms with E-state index in [1.165, 1.54) is 18.2 Å². The predicted molar refractivity (Wildman–Crippen MR) is 102 cm³/mol. The van der Waals surface area contributed by atoms with Gasteiger partial charge >= 0.3 is 5.97 Å². The lowest BCUT2D eigenvalue weighted by Crippen LogP contribution is -2.44. The molecule has 0 heterocycles. The second kappa shape index (κ2) is 9.85. The molecule has 28 heavy (non-hydrogen) atoms. The lowest BCUT2D eigenvalue weighted by molar-refractivity contribution is -0.151.